The Balaban J connectivity index is 2.45. The van der Waals surface area contributed by atoms with E-state index >= 15 is 0 Å². The van der Waals surface area contributed by atoms with Crippen LogP contribution >= 0.6 is 15.9 Å². The van der Waals surface area contributed by atoms with Crippen molar-refractivity contribution in [3.05, 3.63) is 28.2 Å². The maximum Gasteiger partial charge on any atom is 0.260 e. The molecule has 0 aliphatic rings. The number of halogens is 1. The van der Waals surface area contributed by atoms with Crippen LogP contribution in [0.4, 0.5) is 0 Å². The summed E-state index contributed by atoms with van der Waals surface area (Å²) < 4.78 is 11.6. The minimum atomic E-state index is -0.512. The van der Waals surface area contributed by atoms with Gasteiger partial charge >= 0.3 is 0 Å². The number of nitrogens with one attached hydrogen (secondary N) is 1. The van der Waals surface area contributed by atoms with Gasteiger partial charge in [0, 0.05) is 24.7 Å². The summed E-state index contributed by atoms with van der Waals surface area (Å²) in [5, 5.41) is 2.82. The maximum atomic E-state index is 11.8. The van der Waals surface area contributed by atoms with Crippen molar-refractivity contribution in [3.63, 3.8) is 0 Å². The van der Waals surface area contributed by atoms with Crippen LogP contribution in [0.15, 0.2) is 22.7 Å². The summed E-state index contributed by atoms with van der Waals surface area (Å²) in [6.07, 6.45) is 0.286. The zero-order valence-corrected chi connectivity index (χ0v) is 13.1. The SMILES string of the molecule is COCCCNC(=O)C(C)Oc1ccc(Br)cc1C. The molecule has 1 atom stereocenters. The molecule has 1 aromatic rings. The number of benzene rings is 1. The van der Waals surface area contributed by atoms with E-state index in [9.17, 15) is 4.79 Å². The van der Waals surface area contributed by atoms with Crippen LogP contribution in [0.2, 0.25) is 0 Å². The lowest BCUT2D eigenvalue weighted by atomic mass is 10.2. The average molecular weight is 330 g/mol. The standard InChI is InChI=1S/C14H20BrNO3/c1-10-9-12(15)5-6-13(10)19-11(2)14(17)16-7-4-8-18-3/h5-6,9,11H,4,7-8H2,1-3H3,(H,16,17). The highest BCUT2D eigenvalue weighted by Gasteiger charge is 2.14. The zero-order chi connectivity index (χ0) is 14.3. The Morgan fingerprint density at radius 3 is 2.84 bits per heavy atom. The third-order valence-corrected chi connectivity index (χ3v) is 3.13. The first-order valence-corrected chi connectivity index (χ1v) is 7.03. The molecule has 5 heteroatoms. The number of hydrogen-bond donors (Lipinski definition) is 1. The number of methoxy groups -OCH3 is 1. The number of aryl methyl sites for hydroxylation is 1. The highest BCUT2D eigenvalue weighted by Crippen LogP contribution is 2.23. The highest BCUT2D eigenvalue weighted by molar-refractivity contribution is 9.10. The van der Waals surface area contributed by atoms with Gasteiger partial charge in [0.1, 0.15) is 5.75 Å². The molecule has 0 aliphatic carbocycles. The lowest BCUT2D eigenvalue weighted by molar-refractivity contribution is -0.127. The van der Waals surface area contributed by atoms with Crippen molar-refractivity contribution >= 4 is 21.8 Å². The van der Waals surface area contributed by atoms with Crippen LogP contribution < -0.4 is 10.1 Å². The fraction of sp³-hybridized carbons (Fsp3) is 0.500. The van der Waals surface area contributed by atoms with Crippen LogP contribution in [0.3, 0.4) is 0 Å². The van der Waals surface area contributed by atoms with Gasteiger partial charge < -0.3 is 14.8 Å². The molecule has 106 valence electrons. The van der Waals surface area contributed by atoms with E-state index in [4.69, 9.17) is 9.47 Å². The molecule has 4 nitrogen and oxygen atoms in total. The molecule has 1 amide bonds. The van der Waals surface area contributed by atoms with E-state index in [0.717, 1.165) is 22.2 Å². The molecule has 0 heterocycles. The number of carbonyl (C=O) groups excluding carboxylic acids is 1. The molecule has 0 saturated heterocycles. The topological polar surface area (TPSA) is 47.6 Å². The van der Waals surface area contributed by atoms with Gasteiger partial charge in [-0.2, -0.15) is 0 Å². The van der Waals surface area contributed by atoms with Crippen LogP contribution in [-0.4, -0.2) is 32.3 Å². The Kier molecular flexibility index (Phi) is 6.87. The summed E-state index contributed by atoms with van der Waals surface area (Å²) >= 11 is 3.39. The molecular weight excluding hydrogens is 310 g/mol. The molecule has 0 bridgehead atoms. The molecule has 0 spiro atoms. The fourth-order valence-electron chi connectivity index (χ4n) is 1.56. The third-order valence-electron chi connectivity index (χ3n) is 2.63. The van der Waals surface area contributed by atoms with Gasteiger partial charge in [0.05, 0.1) is 0 Å². The van der Waals surface area contributed by atoms with Gasteiger partial charge in [-0.05, 0) is 44.0 Å². The third kappa shape index (κ3) is 5.61. The van der Waals surface area contributed by atoms with E-state index in [1.165, 1.54) is 0 Å². The number of rotatable bonds is 7. The normalized spacial score (nSPS) is 12.0. The average Bonchev–Trinajstić information content (AvgIpc) is 2.37. The summed E-state index contributed by atoms with van der Waals surface area (Å²) in [5.74, 6) is 0.612. The van der Waals surface area contributed by atoms with E-state index in [2.05, 4.69) is 21.2 Å². The molecule has 19 heavy (non-hydrogen) atoms. The van der Waals surface area contributed by atoms with Crippen molar-refractivity contribution in [2.45, 2.75) is 26.4 Å². The molecule has 1 rings (SSSR count). The van der Waals surface area contributed by atoms with Crippen molar-refractivity contribution in [3.8, 4) is 5.75 Å². The van der Waals surface area contributed by atoms with Crippen LogP contribution in [0.25, 0.3) is 0 Å². The molecule has 1 aromatic carbocycles. The molecule has 1 N–H and O–H groups in total. The Morgan fingerprint density at radius 2 is 2.21 bits per heavy atom. The first-order valence-electron chi connectivity index (χ1n) is 6.24. The summed E-state index contributed by atoms with van der Waals surface area (Å²) in [6.45, 7) is 4.93. The van der Waals surface area contributed by atoms with Crippen molar-refractivity contribution in [1.82, 2.24) is 5.32 Å². The fourth-order valence-corrected chi connectivity index (χ4v) is 2.04. The quantitative estimate of drug-likeness (QED) is 0.782. The second kappa shape index (κ2) is 8.17. The van der Waals surface area contributed by atoms with Crippen LogP contribution in [0.1, 0.15) is 18.9 Å². The van der Waals surface area contributed by atoms with E-state index in [1.54, 1.807) is 14.0 Å². The Bertz CT molecular complexity index is 423. The van der Waals surface area contributed by atoms with Crippen LogP contribution in [-0.2, 0) is 9.53 Å². The molecule has 0 radical (unpaired) electrons. The number of amides is 1. The largest absolute Gasteiger partial charge is 0.481 e. The molecule has 1 unspecified atom stereocenters. The van der Waals surface area contributed by atoms with Gasteiger partial charge in [0.25, 0.3) is 5.91 Å². The molecule has 0 aromatic heterocycles. The molecule has 0 saturated carbocycles. The van der Waals surface area contributed by atoms with Crippen molar-refractivity contribution in [1.29, 1.82) is 0 Å². The van der Waals surface area contributed by atoms with Crippen molar-refractivity contribution in [2.75, 3.05) is 20.3 Å². The maximum absolute atomic E-state index is 11.8. The Labute approximate surface area is 122 Å². The summed E-state index contributed by atoms with van der Waals surface area (Å²) in [6, 6.07) is 5.71. The lowest BCUT2D eigenvalue weighted by Crippen LogP contribution is -2.37. The smallest absolute Gasteiger partial charge is 0.260 e. The van der Waals surface area contributed by atoms with Gasteiger partial charge in [-0.1, -0.05) is 15.9 Å². The summed E-state index contributed by atoms with van der Waals surface area (Å²) in [7, 11) is 1.64. The van der Waals surface area contributed by atoms with Crippen molar-refractivity contribution in [2.24, 2.45) is 0 Å². The van der Waals surface area contributed by atoms with Gasteiger partial charge in [0.2, 0.25) is 0 Å². The van der Waals surface area contributed by atoms with E-state index in [0.29, 0.717) is 13.2 Å². The molecule has 0 fully saturated rings. The van der Waals surface area contributed by atoms with Crippen LogP contribution in [0, 0.1) is 6.92 Å². The Morgan fingerprint density at radius 1 is 1.47 bits per heavy atom. The minimum Gasteiger partial charge on any atom is -0.481 e. The van der Waals surface area contributed by atoms with Gasteiger partial charge in [0.15, 0.2) is 6.10 Å². The first kappa shape index (κ1) is 16.0. The molecular formula is C14H20BrNO3. The second-order valence-corrected chi connectivity index (χ2v) is 5.22. The monoisotopic (exact) mass is 329 g/mol. The zero-order valence-electron chi connectivity index (χ0n) is 11.5. The predicted molar refractivity (Wildman–Crippen MR) is 78.5 cm³/mol. The van der Waals surface area contributed by atoms with Crippen molar-refractivity contribution < 1.29 is 14.3 Å². The van der Waals surface area contributed by atoms with E-state index < -0.39 is 6.10 Å². The van der Waals surface area contributed by atoms with Gasteiger partial charge in [-0.25, -0.2) is 0 Å². The lowest BCUT2D eigenvalue weighted by Gasteiger charge is -2.16. The van der Waals surface area contributed by atoms with Crippen LogP contribution in [0.5, 0.6) is 5.75 Å². The highest BCUT2D eigenvalue weighted by atomic mass is 79.9. The predicted octanol–water partition coefficient (Wildman–Crippen LogP) is 2.68. The van der Waals surface area contributed by atoms with E-state index in [1.807, 2.05) is 25.1 Å². The van der Waals surface area contributed by atoms with Gasteiger partial charge in [-0.15, -0.1) is 0 Å². The summed E-state index contributed by atoms with van der Waals surface area (Å²) in [5.41, 5.74) is 0.994. The second-order valence-electron chi connectivity index (χ2n) is 4.31. The Hall–Kier alpha value is -1.07. The van der Waals surface area contributed by atoms with Gasteiger partial charge in [-0.3, -0.25) is 4.79 Å². The number of carbonyl (C=O) groups is 1. The molecule has 0 aliphatic heterocycles. The number of hydrogen-bond acceptors (Lipinski definition) is 3. The first-order chi connectivity index (χ1) is 9.04. The van der Waals surface area contributed by atoms with E-state index in [-0.39, 0.29) is 5.91 Å². The number of ether oxygens (including phenoxy) is 2. The minimum absolute atomic E-state index is 0.113. The summed E-state index contributed by atoms with van der Waals surface area (Å²) in [4.78, 5) is 11.8.